The maximum absolute atomic E-state index is 11.6. The van der Waals surface area contributed by atoms with Crippen LogP contribution in [0.5, 0.6) is 0 Å². The van der Waals surface area contributed by atoms with Gasteiger partial charge in [0.05, 0.1) is 19.9 Å². The van der Waals surface area contributed by atoms with Gasteiger partial charge in [0.25, 0.3) is 0 Å². The molecule has 1 aliphatic heterocycles. The number of carbonyl (C=O) groups is 2. The molecular weight excluding hydrogens is 222 g/mol. The molecule has 17 heavy (non-hydrogen) atoms. The number of unbranched alkanes of at least 4 members (excludes halogenated alkanes) is 3. The number of methoxy groups -OCH3 is 1. The van der Waals surface area contributed by atoms with Crippen molar-refractivity contribution in [2.45, 2.75) is 32.1 Å². The van der Waals surface area contributed by atoms with Crippen molar-refractivity contribution in [2.75, 3.05) is 20.3 Å². The van der Waals surface area contributed by atoms with E-state index >= 15 is 0 Å². The van der Waals surface area contributed by atoms with Crippen LogP contribution in [0, 0.1) is 0 Å². The van der Waals surface area contributed by atoms with Crippen molar-refractivity contribution in [1.82, 2.24) is 4.90 Å². The van der Waals surface area contributed by atoms with E-state index in [1.807, 2.05) is 6.08 Å². The van der Waals surface area contributed by atoms with Crippen LogP contribution < -0.4 is 0 Å². The van der Waals surface area contributed by atoms with Crippen LogP contribution in [0.1, 0.15) is 32.1 Å². The quantitative estimate of drug-likeness (QED) is 0.506. The highest BCUT2D eigenvalue weighted by Gasteiger charge is 2.27. The van der Waals surface area contributed by atoms with Gasteiger partial charge >= 0.3 is 6.09 Å². The predicted molar refractivity (Wildman–Crippen MR) is 62.3 cm³/mol. The molecule has 1 aliphatic rings. The van der Waals surface area contributed by atoms with Crippen LogP contribution >= 0.6 is 0 Å². The molecule has 0 saturated carbocycles. The highest BCUT2D eigenvalue weighted by Crippen LogP contribution is 2.10. The lowest BCUT2D eigenvalue weighted by Crippen LogP contribution is -2.31. The normalized spacial score (nSPS) is 15.4. The minimum absolute atomic E-state index is 0.125. The van der Waals surface area contributed by atoms with E-state index in [2.05, 4.69) is 0 Å². The van der Waals surface area contributed by atoms with Crippen molar-refractivity contribution >= 4 is 12.0 Å². The average Bonchev–Trinajstić information content (AvgIpc) is 2.74. The number of imide groups is 1. The maximum Gasteiger partial charge on any atom is 0.416 e. The molecule has 0 atom stereocenters. The molecule has 2 amide bonds. The largest absolute Gasteiger partial charge is 0.505 e. The van der Waals surface area contributed by atoms with Gasteiger partial charge in [0.15, 0.2) is 0 Å². The van der Waals surface area contributed by atoms with Crippen molar-refractivity contribution in [1.29, 1.82) is 0 Å². The first kappa shape index (κ1) is 13.5. The van der Waals surface area contributed by atoms with Gasteiger partial charge in [-0.2, -0.15) is 0 Å². The molecule has 0 N–H and O–H groups in total. The maximum atomic E-state index is 11.6. The molecule has 0 aliphatic carbocycles. The molecule has 5 heteroatoms. The molecule has 0 aromatic carbocycles. The molecular formula is C12H19NO4. The van der Waals surface area contributed by atoms with Crippen molar-refractivity contribution in [3.05, 3.63) is 12.3 Å². The summed E-state index contributed by atoms with van der Waals surface area (Å²) >= 11 is 0. The first-order valence-corrected chi connectivity index (χ1v) is 5.90. The lowest BCUT2D eigenvalue weighted by molar-refractivity contribution is -0.127. The van der Waals surface area contributed by atoms with E-state index in [1.54, 1.807) is 13.4 Å². The Labute approximate surface area is 101 Å². The Kier molecular flexibility index (Phi) is 6.14. The van der Waals surface area contributed by atoms with Crippen LogP contribution in [0.15, 0.2) is 12.3 Å². The second kappa shape index (κ2) is 7.70. The van der Waals surface area contributed by atoms with E-state index < -0.39 is 6.09 Å². The zero-order valence-corrected chi connectivity index (χ0v) is 10.2. The van der Waals surface area contributed by atoms with Crippen molar-refractivity contribution in [2.24, 2.45) is 0 Å². The molecule has 1 fully saturated rings. The fourth-order valence-electron chi connectivity index (χ4n) is 1.63. The summed E-state index contributed by atoms with van der Waals surface area (Å²) in [6.07, 6.45) is 7.30. The van der Waals surface area contributed by atoms with Gasteiger partial charge in [-0.25, -0.2) is 9.69 Å². The molecule has 0 unspecified atom stereocenters. The second-order valence-electron chi connectivity index (χ2n) is 3.87. The van der Waals surface area contributed by atoms with Gasteiger partial charge in [-0.15, -0.1) is 0 Å². The number of hydrogen-bond donors (Lipinski definition) is 0. The highest BCUT2D eigenvalue weighted by molar-refractivity contribution is 5.92. The Balaban J connectivity index is 2.04. The lowest BCUT2D eigenvalue weighted by atomic mass is 10.1. The summed E-state index contributed by atoms with van der Waals surface area (Å²) in [6, 6.07) is 0. The molecule has 0 spiro atoms. The Morgan fingerprint density at radius 1 is 1.47 bits per heavy atom. The molecule has 1 rings (SSSR count). The zero-order valence-electron chi connectivity index (χ0n) is 10.2. The highest BCUT2D eigenvalue weighted by atomic mass is 16.6. The van der Waals surface area contributed by atoms with Gasteiger partial charge in [0.2, 0.25) is 5.91 Å². The molecule has 1 heterocycles. The van der Waals surface area contributed by atoms with Crippen LogP contribution in [0.2, 0.25) is 0 Å². The number of amides is 2. The standard InChI is InChI=1S/C12H19NO4/c1-16-9-6-4-2-3-5-7-11(14)13-8-10-17-12(13)15/h6,9H,2-5,7-8,10H2,1H3/b9-6+. The first-order valence-electron chi connectivity index (χ1n) is 5.90. The third kappa shape index (κ3) is 4.89. The van der Waals surface area contributed by atoms with E-state index in [0.717, 1.165) is 25.7 Å². The number of carbonyl (C=O) groups excluding carboxylic acids is 2. The van der Waals surface area contributed by atoms with Crippen LogP contribution in [-0.4, -0.2) is 37.2 Å². The van der Waals surface area contributed by atoms with E-state index in [4.69, 9.17) is 9.47 Å². The van der Waals surface area contributed by atoms with Crippen LogP contribution in [-0.2, 0) is 14.3 Å². The lowest BCUT2D eigenvalue weighted by Gasteiger charge is -2.09. The topological polar surface area (TPSA) is 55.8 Å². The average molecular weight is 241 g/mol. The number of ether oxygens (including phenoxy) is 2. The summed E-state index contributed by atoms with van der Waals surface area (Å²) in [5.41, 5.74) is 0. The predicted octanol–water partition coefficient (Wildman–Crippen LogP) is 2.08. The van der Waals surface area contributed by atoms with Crippen molar-refractivity contribution in [3.8, 4) is 0 Å². The Hall–Kier alpha value is -1.52. The fourth-order valence-corrected chi connectivity index (χ4v) is 1.63. The smallest absolute Gasteiger partial charge is 0.416 e. The van der Waals surface area contributed by atoms with E-state index in [9.17, 15) is 9.59 Å². The van der Waals surface area contributed by atoms with Gasteiger partial charge < -0.3 is 9.47 Å². The number of cyclic esters (lactones) is 1. The van der Waals surface area contributed by atoms with Crippen molar-refractivity contribution in [3.63, 3.8) is 0 Å². The summed E-state index contributed by atoms with van der Waals surface area (Å²) in [5.74, 6) is -0.125. The minimum Gasteiger partial charge on any atom is -0.505 e. The number of hydrogen-bond acceptors (Lipinski definition) is 4. The van der Waals surface area contributed by atoms with E-state index in [1.165, 1.54) is 4.90 Å². The minimum atomic E-state index is -0.502. The number of allylic oxidation sites excluding steroid dienone is 1. The van der Waals surface area contributed by atoms with Crippen LogP contribution in [0.3, 0.4) is 0 Å². The Morgan fingerprint density at radius 2 is 2.29 bits per heavy atom. The summed E-state index contributed by atoms with van der Waals surface area (Å²) in [6.45, 7) is 0.723. The zero-order chi connectivity index (χ0) is 12.5. The number of rotatable bonds is 7. The third-order valence-electron chi connectivity index (χ3n) is 2.56. The summed E-state index contributed by atoms with van der Waals surface area (Å²) in [7, 11) is 1.62. The summed E-state index contributed by atoms with van der Waals surface area (Å²) < 4.78 is 9.47. The van der Waals surface area contributed by atoms with Gasteiger partial charge in [-0.1, -0.05) is 6.42 Å². The second-order valence-corrected chi connectivity index (χ2v) is 3.87. The molecule has 0 aromatic heterocycles. The molecule has 96 valence electrons. The van der Waals surface area contributed by atoms with E-state index in [0.29, 0.717) is 19.6 Å². The molecule has 0 radical (unpaired) electrons. The van der Waals surface area contributed by atoms with E-state index in [-0.39, 0.29) is 5.91 Å². The summed E-state index contributed by atoms with van der Waals surface area (Å²) in [4.78, 5) is 23.9. The SMILES string of the molecule is CO/C=C/CCCCCC(=O)N1CCOC1=O. The fraction of sp³-hybridized carbons (Fsp3) is 0.667. The summed E-state index contributed by atoms with van der Waals surface area (Å²) in [5, 5.41) is 0. The Morgan fingerprint density at radius 3 is 2.94 bits per heavy atom. The van der Waals surface area contributed by atoms with Crippen LogP contribution in [0.4, 0.5) is 4.79 Å². The van der Waals surface area contributed by atoms with Crippen molar-refractivity contribution < 1.29 is 19.1 Å². The van der Waals surface area contributed by atoms with Gasteiger partial charge in [-0.05, 0) is 25.3 Å². The van der Waals surface area contributed by atoms with Gasteiger partial charge in [-0.3, -0.25) is 4.79 Å². The molecule has 0 bridgehead atoms. The van der Waals surface area contributed by atoms with Gasteiger partial charge in [0.1, 0.15) is 6.61 Å². The molecule has 0 aromatic rings. The monoisotopic (exact) mass is 241 g/mol. The third-order valence-corrected chi connectivity index (χ3v) is 2.56. The molecule has 1 saturated heterocycles. The first-order chi connectivity index (χ1) is 8.25. The van der Waals surface area contributed by atoms with Crippen LogP contribution in [0.25, 0.3) is 0 Å². The number of nitrogens with zero attached hydrogens (tertiary/aromatic N) is 1. The van der Waals surface area contributed by atoms with Gasteiger partial charge in [0, 0.05) is 6.42 Å². The Bertz CT molecular complexity index is 288. The molecule has 5 nitrogen and oxygen atoms in total.